The molecule has 0 aliphatic carbocycles. The zero-order valence-electron chi connectivity index (χ0n) is 8.38. The maximum Gasteiger partial charge on any atom is 0.340 e. The van der Waals surface area contributed by atoms with Gasteiger partial charge in [0, 0.05) is 4.91 Å². The number of hydrogen-bond acceptors (Lipinski definition) is 4. The van der Waals surface area contributed by atoms with Crippen molar-refractivity contribution in [2.24, 2.45) is 5.11 Å². The Kier molecular flexibility index (Phi) is 4.63. The number of carbonyl (C=O) groups is 1. The molecule has 0 unspecified atom stereocenters. The number of nitrogens with zero attached hydrogens (tertiary/aromatic N) is 3. The van der Waals surface area contributed by atoms with Crippen LogP contribution < -0.4 is 0 Å². The lowest BCUT2D eigenvalue weighted by Gasteiger charge is -1.99. The van der Waals surface area contributed by atoms with E-state index in [9.17, 15) is 4.79 Å². The molecule has 0 aliphatic rings. The number of hydrogen-bond donors (Lipinski definition) is 0. The Labute approximate surface area is 99.6 Å². The van der Waals surface area contributed by atoms with Crippen LogP contribution in [0.15, 0.2) is 32.0 Å². The fourth-order valence-corrected chi connectivity index (χ4v) is 1.24. The number of halogens is 1. The first-order valence-electron chi connectivity index (χ1n) is 4.35. The summed E-state index contributed by atoms with van der Waals surface area (Å²) in [5.41, 5.74) is 8.16. The van der Waals surface area contributed by atoms with Crippen molar-refractivity contribution in [1.29, 1.82) is 0 Å². The molecule has 0 aromatic carbocycles. The van der Waals surface area contributed by atoms with Crippen LogP contribution in [0.4, 0.5) is 0 Å². The van der Waals surface area contributed by atoms with Crippen LogP contribution in [0.2, 0.25) is 0 Å². The molecule has 0 atom stereocenters. The molecule has 0 saturated carbocycles. The van der Waals surface area contributed by atoms with Crippen molar-refractivity contribution in [3.8, 4) is 0 Å². The van der Waals surface area contributed by atoms with Gasteiger partial charge in [-0.05, 0) is 40.5 Å². The second-order valence-corrected chi connectivity index (χ2v) is 3.52. The Hall–Kier alpha value is -1.72. The van der Waals surface area contributed by atoms with Gasteiger partial charge in [0.1, 0.15) is 17.7 Å². The largest absolute Gasteiger partial charge is 0.464 e. The third kappa shape index (κ3) is 3.45. The molecule has 0 amide bonds. The smallest absolute Gasteiger partial charge is 0.340 e. The molecule has 0 N–H and O–H groups in total. The van der Waals surface area contributed by atoms with E-state index in [-0.39, 0.29) is 12.3 Å². The molecule has 1 rings (SSSR count). The van der Waals surface area contributed by atoms with Crippen molar-refractivity contribution in [2.75, 3.05) is 6.61 Å². The lowest BCUT2D eigenvalue weighted by Crippen LogP contribution is -2.05. The number of azide groups is 1. The zero-order valence-corrected chi connectivity index (χ0v) is 9.97. The monoisotopic (exact) mass is 285 g/mol. The molecule has 0 spiro atoms. The summed E-state index contributed by atoms with van der Waals surface area (Å²) >= 11 is 3.19. The molecule has 6 nitrogen and oxygen atoms in total. The second kappa shape index (κ2) is 5.99. The molecule has 0 aliphatic heterocycles. The van der Waals surface area contributed by atoms with Crippen molar-refractivity contribution in [1.82, 2.24) is 0 Å². The summed E-state index contributed by atoms with van der Waals surface area (Å²) in [6, 6.07) is 1.63. The van der Waals surface area contributed by atoms with Gasteiger partial charge in [0.2, 0.25) is 0 Å². The SMILES string of the molecule is CCOC(=O)/C(=C/c1cc(Br)co1)N=[N+]=[N-]. The molecular weight excluding hydrogens is 278 g/mol. The van der Waals surface area contributed by atoms with Gasteiger partial charge in [-0.2, -0.15) is 0 Å². The van der Waals surface area contributed by atoms with Crippen molar-refractivity contribution >= 4 is 28.0 Å². The Balaban J connectivity index is 2.97. The van der Waals surface area contributed by atoms with Gasteiger partial charge in [0.15, 0.2) is 0 Å². The van der Waals surface area contributed by atoms with Crippen LogP contribution in [0, 0.1) is 0 Å². The van der Waals surface area contributed by atoms with Crippen LogP contribution in [-0.4, -0.2) is 12.6 Å². The topological polar surface area (TPSA) is 88.2 Å². The van der Waals surface area contributed by atoms with Gasteiger partial charge in [0.05, 0.1) is 11.1 Å². The highest BCUT2D eigenvalue weighted by Crippen LogP contribution is 2.17. The van der Waals surface area contributed by atoms with Gasteiger partial charge in [-0.1, -0.05) is 5.11 Å². The quantitative estimate of drug-likeness (QED) is 0.280. The van der Waals surface area contributed by atoms with E-state index in [1.807, 2.05) is 0 Å². The number of esters is 1. The molecule has 84 valence electrons. The molecule has 1 aromatic heterocycles. The van der Waals surface area contributed by atoms with E-state index < -0.39 is 5.97 Å². The average molecular weight is 286 g/mol. The Morgan fingerprint density at radius 2 is 2.56 bits per heavy atom. The number of furan rings is 1. The van der Waals surface area contributed by atoms with Crippen LogP contribution in [0.5, 0.6) is 0 Å². The molecule has 1 aromatic rings. The number of ether oxygens (including phenoxy) is 1. The Morgan fingerprint density at radius 3 is 3.06 bits per heavy atom. The van der Waals surface area contributed by atoms with Gasteiger partial charge in [0.25, 0.3) is 0 Å². The van der Waals surface area contributed by atoms with E-state index >= 15 is 0 Å². The highest BCUT2D eigenvalue weighted by Gasteiger charge is 2.09. The summed E-state index contributed by atoms with van der Waals surface area (Å²) in [7, 11) is 0. The summed E-state index contributed by atoms with van der Waals surface area (Å²) < 4.78 is 10.5. The second-order valence-electron chi connectivity index (χ2n) is 2.61. The summed E-state index contributed by atoms with van der Waals surface area (Å²) in [6.07, 6.45) is 2.76. The van der Waals surface area contributed by atoms with Gasteiger partial charge in [-0.15, -0.1) is 0 Å². The van der Waals surface area contributed by atoms with Crippen molar-refractivity contribution in [3.63, 3.8) is 0 Å². The predicted octanol–water partition coefficient (Wildman–Crippen LogP) is 3.26. The van der Waals surface area contributed by atoms with E-state index in [1.165, 1.54) is 12.3 Å². The van der Waals surface area contributed by atoms with Crippen LogP contribution in [-0.2, 0) is 9.53 Å². The third-order valence-electron chi connectivity index (χ3n) is 1.50. The van der Waals surface area contributed by atoms with Gasteiger partial charge in [-0.25, -0.2) is 4.79 Å². The minimum Gasteiger partial charge on any atom is -0.464 e. The minimum absolute atomic E-state index is 0.147. The van der Waals surface area contributed by atoms with Gasteiger partial charge >= 0.3 is 5.97 Å². The molecule has 0 fully saturated rings. The summed E-state index contributed by atoms with van der Waals surface area (Å²) in [5.74, 6) is -0.296. The summed E-state index contributed by atoms with van der Waals surface area (Å²) in [5, 5.41) is 3.24. The van der Waals surface area contributed by atoms with Crippen molar-refractivity contribution in [3.05, 3.63) is 38.7 Å². The highest BCUT2D eigenvalue weighted by molar-refractivity contribution is 9.10. The molecule has 0 radical (unpaired) electrons. The fraction of sp³-hybridized carbons (Fsp3) is 0.222. The van der Waals surface area contributed by atoms with Crippen molar-refractivity contribution < 1.29 is 13.9 Å². The first-order valence-corrected chi connectivity index (χ1v) is 5.14. The van der Waals surface area contributed by atoms with E-state index in [1.54, 1.807) is 13.0 Å². The van der Waals surface area contributed by atoms with Crippen LogP contribution in [0.25, 0.3) is 16.5 Å². The molecule has 16 heavy (non-hydrogen) atoms. The first-order chi connectivity index (χ1) is 7.67. The number of carbonyl (C=O) groups excluding carboxylic acids is 1. The van der Waals surface area contributed by atoms with E-state index in [2.05, 4.69) is 26.0 Å². The predicted molar refractivity (Wildman–Crippen MR) is 60.2 cm³/mol. The van der Waals surface area contributed by atoms with E-state index in [0.717, 1.165) is 4.47 Å². The normalized spacial score (nSPS) is 10.8. The number of rotatable bonds is 4. The molecular formula is C9H8BrN3O3. The van der Waals surface area contributed by atoms with E-state index in [0.29, 0.717) is 5.76 Å². The lowest BCUT2D eigenvalue weighted by molar-refractivity contribution is -0.138. The van der Waals surface area contributed by atoms with E-state index in [4.69, 9.17) is 14.7 Å². The maximum absolute atomic E-state index is 11.3. The highest BCUT2D eigenvalue weighted by atomic mass is 79.9. The van der Waals surface area contributed by atoms with Crippen LogP contribution in [0.3, 0.4) is 0 Å². The zero-order chi connectivity index (χ0) is 12.0. The summed E-state index contributed by atoms with van der Waals surface area (Å²) in [6.45, 7) is 1.87. The molecule has 0 saturated heterocycles. The average Bonchev–Trinajstić information content (AvgIpc) is 2.64. The lowest BCUT2D eigenvalue weighted by atomic mass is 10.3. The van der Waals surface area contributed by atoms with Gasteiger partial charge < -0.3 is 9.15 Å². The van der Waals surface area contributed by atoms with Crippen LogP contribution >= 0.6 is 15.9 Å². The third-order valence-corrected chi connectivity index (χ3v) is 1.92. The molecule has 7 heteroatoms. The van der Waals surface area contributed by atoms with Crippen LogP contribution in [0.1, 0.15) is 12.7 Å². The molecule has 1 heterocycles. The fourth-order valence-electron chi connectivity index (χ4n) is 0.921. The Morgan fingerprint density at radius 1 is 1.81 bits per heavy atom. The Bertz CT molecular complexity index is 460. The first kappa shape index (κ1) is 12.4. The van der Waals surface area contributed by atoms with Gasteiger partial charge in [-0.3, -0.25) is 0 Å². The maximum atomic E-state index is 11.3. The molecule has 0 bridgehead atoms. The van der Waals surface area contributed by atoms with Crippen molar-refractivity contribution in [2.45, 2.75) is 6.92 Å². The standard InChI is InChI=1S/C9H8BrN3O3/c1-2-15-9(14)8(12-13-11)4-7-3-6(10)5-16-7/h3-5H,2H2,1H3/b8-4-. The summed E-state index contributed by atoms with van der Waals surface area (Å²) in [4.78, 5) is 13.9. The minimum atomic E-state index is -0.687.